The van der Waals surface area contributed by atoms with Gasteiger partial charge in [0.1, 0.15) is 18.0 Å². The van der Waals surface area contributed by atoms with E-state index >= 15 is 0 Å². The number of anilines is 1. The number of carbonyl (C=O) groups is 1. The van der Waals surface area contributed by atoms with Crippen LogP contribution < -0.4 is 4.31 Å². The quantitative estimate of drug-likeness (QED) is 0.223. The Kier molecular flexibility index (Phi) is 9.04. The Morgan fingerprint density at radius 2 is 1.83 bits per heavy atom. The number of halogens is 2. The highest BCUT2D eigenvalue weighted by molar-refractivity contribution is 7.93. The van der Waals surface area contributed by atoms with Gasteiger partial charge in [0.25, 0.3) is 5.91 Å². The highest BCUT2D eigenvalue weighted by atomic mass is 35.5. The molecule has 2 aliphatic rings. The van der Waals surface area contributed by atoms with Crippen LogP contribution in [0, 0.1) is 0 Å². The molecule has 1 aromatic heterocycles. The molecule has 1 aliphatic heterocycles. The van der Waals surface area contributed by atoms with E-state index in [0.29, 0.717) is 41.5 Å². The number of pyridine rings is 1. The molecule has 1 saturated heterocycles. The molecule has 4 atom stereocenters. The molecule has 5 rings (SSSR count). The number of aromatic nitrogens is 1. The van der Waals surface area contributed by atoms with E-state index in [1.165, 1.54) is 4.31 Å². The molecular formula is C31H33Cl2N3O4S. The molecule has 1 saturated carbocycles. The smallest absolute Gasteiger partial charge is 0.252 e. The summed E-state index contributed by atoms with van der Waals surface area (Å²) in [5, 5.41) is 0.673. The van der Waals surface area contributed by atoms with E-state index in [9.17, 15) is 13.2 Å². The molecule has 2 aromatic carbocycles. The fraction of sp³-hybridized carbons (Fsp3) is 0.355. The third kappa shape index (κ3) is 6.31. The maximum atomic E-state index is 14.2. The van der Waals surface area contributed by atoms with E-state index in [4.69, 9.17) is 27.9 Å². The second kappa shape index (κ2) is 12.5. The summed E-state index contributed by atoms with van der Waals surface area (Å²) in [5.41, 5.74) is 1.63. The molecule has 1 amide bonds. The van der Waals surface area contributed by atoms with Gasteiger partial charge in [-0.05, 0) is 66.8 Å². The standard InChI is InChI=1S/C31H33Cl2N3O4S/c1-3-8-27-31(37)36(25(4-2)20-35(28-11-5-6-18-34-28)41(38,39)26-16-17-26)29(21-12-14-23(32)15-13-21)30(40-27)22-9-7-10-24(33)19-22/h3,5-7,9-15,18-19,25-27,29-30H,1,4,8,16-17,20H2,2H3/t25-,27?,29?,30+/m0/s1. The zero-order valence-corrected chi connectivity index (χ0v) is 25.1. The van der Waals surface area contributed by atoms with Gasteiger partial charge >= 0.3 is 0 Å². The number of amides is 1. The largest absolute Gasteiger partial charge is 0.358 e. The van der Waals surface area contributed by atoms with Gasteiger partial charge in [-0.1, -0.05) is 66.5 Å². The van der Waals surface area contributed by atoms with Crippen LogP contribution >= 0.6 is 23.2 Å². The maximum Gasteiger partial charge on any atom is 0.252 e. The first-order chi connectivity index (χ1) is 19.7. The zero-order valence-electron chi connectivity index (χ0n) is 22.8. The lowest BCUT2D eigenvalue weighted by atomic mass is 9.89. The monoisotopic (exact) mass is 613 g/mol. The summed E-state index contributed by atoms with van der Waals surface area (Å²) in [6, 6.07) is 18.9. The van der Waals surface area contributed by atoms with Crippen LogP contribution in [0.5, 0.6) is 0 Å². The van der Waals surface area contributed by atoms with Crippen LogP contribution in [0.1, 0.15) is 55.9 Å². The molecule has 0 spiro atoms. The fourth-order valence-corrected chi connectivity index (χ4v) is 7.56. The minimum absolute atomic E-state index is 0.0608. The first-order valence-corrected chi connectivity index (χ1v) is 16.0. The molecule has 1 aliphatic carbocycles. The van der Waals surface area contributed by atoms with Crippen molar-refractivity contribution in [3.8, 4) is 0 Å². The minimum Gasteiger partial charge on any atom is -0.358 e. The van der Waals surface area contributed by atoms with Crippen molar-refractivity contribution < 1.29 is 17.9 Å². The number of rotatable bonds is 11. The van der Waals surface area contributed by atoms with Crippen LogP contribution in [0.25, 0.3) is 0 Å². The summed E-state index contributed by atoms with van der Waals surface area (Å²) in [4.78, 5) is 20.4. The van der Waals surface area contributed by atoms with Crippen molar-refractivity contribution >= 4 is 45.0 Å². The average molecular weight is 615 g/mol. The Morgan fingerprint density at radius 1 is 1.07 bits per heavy atom. The highest BCUT2D eigenvalue weighted by Crippen LogP contribution is 2.45. The molecule has 7 nitrogen and oxygen atoms in total. The van der Waals surface area contributed by atoms with Gasteiger partial charge < -0.3 is 9.64 Å². The maximum absolute atomic E-state index is 14.2. The summed E-state index contributed by atoms with van der Waals surface area (Å²) in [5.74, 6) is 0.121. The Balaban J connectivity index is 1.63. The van der Waals surface area contributed by atoms with Crippen molar-refractivity contribution in [3.05, 3.63) is 107 Å². The second-order valence-corrected chi connectivity index (χ2v) is 13.4. The number of hydrogen-bond donors (Lipinski definition) is 0. The molecule has 2 fully saturated rings. The number of carbonyl (C=O) groups excluding carboxylic acids is 1. The van der Waals surface area contributed by atoms with E-state index in [1.54, 1.807) is 48.7 Å². The molecular weight excluding hydrogens is 581 g/mol. The molecule has 216 valence electrons. The molecule has 2 unspecified atom stereocenters. The molecule has 3 aromatic rings. The van der Waals surface area contributed by atoms with Crippen LogP contribution in [0.2, 0.25) is 10.0 Å². The van der Waals surface area contributed by atoms with Crippen molar-refractivity contribution in [1.82, 2.24) is 9.88 Å². The number of nitrogens with zero attached hydrogens (tertiary/aromatic N) is 3. The number of sulfonamides is 1. The van der Waals surface area contributed by atoms with Crippen LogP contribution in [0.4, 0.5) is 5.82 Å². The Hall–Kier alpha value is -2.91. The number of hydrogen-bond acceptors (Lipinski definition) is 5. The molecule has 0 N–H and O–H groups in total. The molecule has 2 heterocycles. The van der Waals surface area contributed by atoms with Gasteiger partial charge in [-0.25, -0.2) is 13.4 Å². The van der Waals surface area contributed by atoms with E-state index in [-0.39, 0.29) is 12.5 Å². The Labute approximate surface area is 251 Å². The van der Waals surface area contributed by atoms with Crippen LogP contribution in [-0.4, -0.2) is 48.1 Å². The van der Waals surface area contributed by atoms with Gasteiger partial charge in [0.2, 0.25) is 10.0 Å². The molecule has 0 radical (unpaired) electrons. The lowest BCUT2D eigenvalue weighted by molar-refractivity contribution is -0.178. The van der Waals surface area contributed by atoms with Crippen molar-refractivity contribution in [2.75, 3.05) is 10.8 Å². The van der Waals surface area contributed by atoms with E-state index in [1.807, 2.05) is 42.2 Å². The van der Waals surface area contributed by atoms with E-state index in [2.05, 4.69) is 11.6 Å². The number of benzene rings is 2. The van der Waals surface area contributed by atoms with Crippen LogP contribution in [-0.2, 0) is 19.6 Å². The summed E-state index contributed by atoms with van der Waals surface area (Å²) >= 11 is 12.6. The summed E-state index contributed by atoms with van der Waals surface area (Å²) in [6.45, 7) is 5.87. The topological polar surface area (TPSA) is 79.8 Å². The lowest BCUT2D eigenvalue weighted by Crippen LogP contribution is -2.57. The third-order valence-corrected chi connectivity index (χ3v) is 10.3. The Morgan fingerprint density at radius 3 is 2.44 bits per heavy atom. The van der Waals surface area contributed by atoms with Gasteiger partial charge in [0.05, 0.1) is 23.9 Å². The molecule has 0 bridgehead atoms. The number of ether oxygens (including phenoxy) is 1. The number of morpholine rings is 1. The zero-order chi connectivity index (χ0) is 29.1. The van der Waals surface area contributed by atoms with Gasteiger partial charge in [-0.2, -0.15) is 0 Å². The molecule has 10 heteroatoms. The second-order valence-electron chi connectivity index (χ2n) is 10.4. The predicted molar refractivity (Wildman–Crippen MR) is 163 cm³/mol. The van der Waals surface area contributed by atoms with Crippen molar-refractivity contribution in [1.29, 1.82) is 0 Å². The lowest BCUT2D eigenvalue weighted by Gasteiger charge is -2.48. The molecule has 41 heavy (non-hydrogen) atoms. The highest BCUT2D eigenvalue weighted by Gasteiger charge is 2.48. The summed E-state index contributed by atoms with van der Waals surface area (Å²) < 4.78 is 35.3. The predicted octanol–water partition coefficient (Wildman–Crippen LogP) is 6.75. The third-order valence-electron chi connectivity index (χ3n) is 7.60. The summed E-state index contributed by atoms with van der Waals surface area (Å²) in [6.07, 6.45) is 3.92. The average Bonchev–Trinajstić information content (AvgIpc) is 3.83. The first-order valence-electron chi connectivity index (χ1n) is 13.8. The van der Waals surface area contributed by atoms with E-state index < -0.39 is 39.6 Å². The van der Waals surface area contributed by atoms with Gasteiger partial charge in [0, 0.05) is 22.7 Å². The normalized spacial score (nSPS) is 21.9. The van der Waals surface area contributed by atoms with Gasteiger partial charge in [0.15, 0.2) is 0 Å². The SMILES string of the molecule is C=CCC1O[C@H](c2cccc(Cl)c2)C(c2ccc(Cl)cc2)N([C@@H](CC)CN(c2ccccn2)S(=O)(=O)C2CC2)C1=O. The Bertz CT molecular complexity index is 1480. The summed E-state index contributed by atoms with van der Waals surface area (Å²) in [7, 11) is -3.67. The van der Waals surface area contributed by atoms with Crippen LogP contribution in [0.15, 0.2) is 85.6 Å². The van der Waals surface area contributed by atoms with Gasteiger partial charge in [-0.15, -0.1) is 6.58 Å². The van der Waals surface area contributed by atoms with Crippen molar-refractivity contribution in [3.63, 3.8) is 0 Å². The van der Waals surface area contributed by atoms with Gasteiger partial charge in [-0.3, -0.25) is 9.10 Å². The minimum atomic E-state index is -3.67. The van der Waals surface area contributed by atoms with Crippen molar-refractivity contribution in [2.45, 2.75) is 62.1 Å². The van der Waals surface area contributed by atoms with Crippen LogP contribution in [0.3, 0.4) is 0 Å². The first kappa shape index (κ1) is 29.6. The van der Waals surface area contributed by atoms with Crippen molar-refractivity contribution in [2.24, 2.45) is 0 Å². The fourth-order valence-electron chi connectivity index (χ4n) is 5.39. The van der Waals surface area contributed by atoms with E-state index in [0.717, 1.165) is 11.1 Å².